The van der Waals surface area contributed by atoms with E-state index in [2.05, 4.69) is 193 Å². The van der Waals surface area contributed by atoms with Crippen LogP contribution < -0.4 is 18.9 Å². The first kappa shape index (κ1) is 29.8. The third-order valence-corrected chi connectivity index (χ3v) is 8.44. The predicted octanol–water partition coefficient (Wildman–Crippen LogP) is 8.13. The van der Waals surface area contributed by atoms with Crippen LogP contribution >= 0.6 is 0 Å². The van der Waals surface area contributed by atoms with Crippen LogP contribution in [0.3, 0.4) is 0 Å². The van der Waals surface area contributed by atoms with Gasteiger partial charge in [-0.1, -0.05) is 72.8 Å². The van der Waals surface area contributed by atoms with Gasteiger partial charge < -0.3 is 9.80 Å². The summed E-state index contributed by atoms with van der Waals surface area (Å²) < 4.78 is 4.78. The van der Waals surface area contributed by atoms with Crippen LogP contribution in [0.25, 0.3) is 46.1 Å². The molecule has 0 radical (unpaired) electrons. The highest BCUT2D eigenvalue weighted by Gasteiger charge is 2.15. The van der Waals surface area contributed by atoms with Crippen molar-refractivity contribution in [3.63, 3.8) is 0 Å². The molecule has 6 aromatic rings. The first-order valence-electron chi connectivity index (χ1n) is 15.7. The molecular formula is C41H42N4+2. The first-order valence-corrected chi connectivity index (χ1v) is 15.7. The topological polar surface area (TPSA) is 14.2 Å². The zero-order chi connectivity index (χ0) is 31.2. The van der Waals surface area contributed by atoms with Crippen LogP contribution in [-0.2, 0) is 13.1 Å². The molecule has 0 aliphatic heterocycles. The number of hydrogen-bond acceptors (Lipinski definition) is 2. The van der Waals surface area contributed by atoms with Crippen molar-refractivity contribution in [2.75, 3.05) is 38.0 Å². The van der Waals surface area contributed by atoms with Crippen molar-refractivity contribution >= 4 is 57.5 Å². The molecule has 0 atom stereocenters. The highest BCUT2D eigenvalue weighted by Crippen LogP contribution is 2.21. The van der Waals surface area contributed by atoms with E-state index in [4.69, 9.17) is 0 Å². The highest BCUT2D eigenvalue weighted by atomic mass is 15.1. The zero-order valence-electron chi connectivity index (χ0n) is 26.8. The van der Waals surface area contributed by atoms with Crippen LogP contribution in [0.15, 0.2) is 122 Å². The average Bonchev–Trinajstić information content (AvgIpc) is 3.07. The minimum atomic E-state index is 0.947. The number of pyridine rings is 2. The fourth-order valence-electron chi connectivity index (χ4n) is 5.85. The van der Waals surface area contributed by atoms with E-state index in [9.17, 15) is 0 Å². The van der Waals surface area contributed by atoms with Crippen LogP contribution in [0.2, 0.25) is 0 Å². The van der Waals surface area contributed by atoms with Crippen molar-refractivity contribution in [2.45, 2.75) is 19.5 Å². The molecule has 0 unspecified atom stereocenters. The van der Waals surface area contributed by atoms with Gasteiger partial charge in [0.05, 0.1) is 17.2 Å². The standard InChI is InChI=1S/C41H42N4/c1-42(2)36-22-16-32(17-23-36)14-20-34-26-30-44(40-12-7-5-10-38(34)40)28-9-29-45-31-27-35(39-11-6-8-13-41(39)45)21-15-33-18-24-37(25-19-33)43(3)4/h5-8,10-27,30-31H,9,28-29H2,1-4H3/q+2. The number of aromatic nitrogens is 2. The average molecular weight is 591 g/mol. The quantitative estimate of drug-likeness (QED) is 0.150. The van der Waals surface area contributed by atoms with Gasteiger partial charge in [-0.25, -0.2) is 0 Å². The van der Waals surface area contributed by atoms with Crippen LogP contribution in [0.5, 0.6) is 0 Å². The van der Waals surface area contributed by atoms with E-state index in [-0.39, 0.29) is 0 Å². The fourth-order valence-corrected chi connectivity index (χ4v) is 5.85. The van der Waals surface area contributed by atoms with E-state index in [1.54, 1.807) is 0 Å². The van der Waals surface area contributed by atoms with Gasteiger partial charge >= 0.3 is 0 Å². The summed E-state index contributed by atoms with van der Waals surface area (Å²) in [5.74, 6) is 0. The Labute approximate surface area is 267 Å². The van der Waals surface area contributed by atoms with E-state index in [1.807, 2.05) is 0 Å². The third-order valence-electron chi connectivity index (χ3n) is 8.44. The number of anilines is 2. The second kappa shape index (κ2) is 13.6. The predicted molar refractivity (Wildman–Crippen MR) is 192 cm³/mol. The molecule has 45 heavy (non-hydrogen) atoms. The molecule has 0 saturated carbocycles. The van der Waals surface area contributed by atoms with Gasteiger partial charge in [0, 0.05) is 63.8 Å². The van der Waals surface area contributed by atoms with E-state index in [0.29, 0.717) is 0 Å². The minimum Gasteiger partial charge on any atom is -0.378 e. The maximum atomic E-state index is 2.39. The molecule has 0 saturated heterocycles. The molecule has 0 fully saturated rings. The van der Waals surface area contributed by atoms with E-state index in [0.717, 1.165) is 19.5 Å². The Morgan fingerprint density at radius 1 is 0.467 bits per heavy atom. The SMILES string of the molecule is CN(C)c1ccc(C=Cc2cc[n+](CCC[n+]3ccc(C=Cc4ccc(N(C)C)cc4)c4ccccc43)c3ccccc23)cc1. The molecule has 4 heteroatoms. The lowest BCUT2D eigenvalue weighted by Gasteiger charge is -2.11. The van der Waals surface area contributed by atoms with Gasteiger partial charge in [-0.05, 0) is 58.7 Å². The van der Waals surface area contributed by atoms with Gasteiger partial charge in [0.25, 0.3) is 0 Å². The number of hydrogen-bond donors (Lipinski definition) is 0. The molecule has 0 amide bonds. The van der Waals surface area contributed by atoms with E-state index >= 15 is 0 Å². The maximum Gasteiger partial charge on any atom is 0.213 e. The van der Waals surface area contributed by atoms with Crippen molar-refractivity contribution < 1.29 is 9.13 Å². The second-order valence-electron chi connectivity index (χ2n) is 12.0. The Bertz CT molecular complexity index is 1820. The van der Waals surface area contributed by atoms with Crippen LogP contribution in [0.1, 0.15) is 28.7 Å². The summed E-state index contributed by atoms with van der Waals surface area (Å²) in [6, 6.07) is 39.3. The van der Waals surface area contributed by atoms with Gasteiger partial charge in [-0.2, -0.15) is 9.13 Å². The van der Waals surface area contributed by atoms with Crippen molar-refractivity contribution in [2.24, 2.45) is 0 Å². The highest BCUT2D eigenvalue weighted by molar-refractivity contribution is 5.89. The number of benzene rings is 4. The largest absolute Gasteiger partial charge is 0.378 e. The van der Waals surface area contributed by atoms with Crippen LogP contribution in [0, 0.1) is 0 Å². The molecule has 0 spiro atoms. The number of fused-ring (bicyclic) bond motifs is 2. The maximum absolute atomic E-state index is 2.39. The molecule has 0 N–H and O–H groups in total. The lowest BCUT2D eigenvalue weighted by Crippen LogP contribution is -2.39. The first-order chi connectivity index (χ1) is 22.0. The van der Waals surface area contributed by atoms with E-state index < -0.39 is 0 Å². The van der Waals surface area contributed by atoms with Gasteiger partial charge in [0.2, 0.25) is 11.0 Å². The van der Waals surface area contributed by atoms with Crippen LogP contribution in [-0.4, -0.2) is 28.2 Å². The molecule has 0 aliphatic rings. The molecular weight excluding hydrogens is 548 g/mol. The molecule has 2 heterocycles. The van der Waals surface area contributed by atoms with Crippen molar-refractivity contribution in [3.8, 4) is 0 Å². The summed E-state index contributed by atoms with van der Waals surface area (Å²) in [5, 5.41) is 2.54. The monoisotopic (exact) mass is 590 g/mol. The third kappa shape index (κ3) is 6.97. The summed E-state index contributed by atoms with van der Waals surface area (Å²) in [5.41, 5.74) is 9.80. The zero-order valence-corrected chi connectivity index (χ0v) is 26.8. The van der Waals surface area contributed by atoms with Crippen molar-refractivity contribution in [3.05, 3.63) is 144 Å². The second-order valence-corrected chi connectivity index (χ2v) is 12.0. The Hall–Kier alpha value is -5.22. The molecule has 0 bridgehead atoms. The summed E-state index contributed by atoms with van der Waals surface area (Å²) >= 11 is 0. The van der Waals surface area contributed by atoms with E-state index in [1.165, 1.54) is 55.4 Å². The molecule has 4 aromatic carbocycles. The molecule has 4 nitrogen and oxygen atoms in total. The Balaban J connectivity index is 1.17. The Kier molecular flexibility index (Phi) is 9.02. The molecule has 224 valence electrons. The number of para-hydroxylation sites is 2. The Morgan fingerprint density at radius 2 is 0.867 bits per heavy atom. The lowest BCUT2D eigenvalue weighted by molar-refractivity contribution is -0.702. The summed E-state index contributed by atoms with van der Waals surface area (Å²) in [6.45, 7) is 1.89. The van der Waals surface area contributed by atoms with Gasteiger partial charge in [-0.3, -0.25) is 0 Å². The lowest BCUT2D eigenvalue weighted by atomic mass is 10.1. The van der Waals surface area contributed by atoms with Crippen LogP contribution in [0.4, 0.5) is 11.4 Å². The molecule has 0 aliphatic carbocycles. The van der Waals surface area contributed by atoms with Crippen molar-refractivity contribution in [1.82, 2.24) is 0 Å². The number of nitrogens with zero attached hydrogens (tertiary/aromatic N) is 4. The molecule has 6 rings (SSSR count). The summed E-state index contributed by atoms with van der Waals surface area (Å²) in [4.78, 5) is 4.25. The summed E-state index contributed by atoms with van der Waals surface area (Å²) in [6.07, 6.45) is 14.4. The van der Waals surface area contributed by atoms with Gasteiger partial charge in [0.15, 0.2) is 25.5 Å². The van der Waals surface area contributed by atoms with Gasteiger partial charge in [-0.15, -0.1) is 0 Å². The molecule has 2 aromatic heterocycles. The number of rotatable bonds is 10. The normalized spacial score (nSPS) is 11.6. The minimum absolute atomic E-state index is 0.947. The van der Waals surface area contributed by atoms with Gasteiger partial charge in [0.1, 0.15) is 0 Å². The summed E-state index contributed by atoms with van der Waals surface area (Å²) in [7, 11) is 8.27. The fraction of sp³-hybridized carbons (Fsp3) is 0.171. The Morgan fingerprint density at radius 3 is 1.27 bits per heavy atom. The van der Waals surface area contributed by atoms with Crippen molar-refractivity contribution in [1.29, 1.82) is 0 Å². The smallest absolute Gasteiger partial charge is 0.213 e. The number of aryl methyl sites for hydroxylation is 2.